The number of amides is 1. The Morgan fingerprint density at radius 3 is 2.46 bits per heavy atom. The number of carbonyl (C=O) groups excluding carboxylic acids is 1. The van der Waals surface area contributed by atoms with Gasteiger partial charge in [-0.15, -0.1) is 0 Å². The molecule has 0 radical (unpaired) electrons. The van der Waals surface area contributed by atoms with E-state index in [2.05, 4.69) is 4.98 Å². The molecule has 1 aromatic carbocycles. The van der Waals surface area contributed by atoms with Crippen molar-refractivity contribution in [3.63, 3.8) is 0 Å². The summed E-state index contributed by atoms with van der Waals surface area (Å²) in [5.41, 5.74) is -0.350. The van der Waals surface area contributed by atoms with Crippen LogP contribution in [0.3, 0.4) is 0 Å². The molecule has 0 N–H and O–H groups in total. The first-order chi connectivity index (χ1) is 12.0. The van der Waals surface area contributed by atoms with E-state index in [4.69, 9.17) is 27.9 Å². The number of benzene rings is 1. The molecule has 0 aliphatic carbocycles. The lowest BCUT2D eigenvalue weighted by Gasteiger charge is -2.21. The van der Waals surface area contributed by atoms with Gasteiger partial charge in [0, 0.05) is 35.9 Å². The van der Waals surface area contributed by atoms with Crippen LogP contribution in [0.25, 0.3) is 0 Å². The smallest absolute Gasteiger partial charge is 0.417 e. The van der Waals surface area contributed by atoms with Gasteiger partial charge >= 0.3 is 6.18 Å². The van der Waals surface area contributed by atoms with Crippen molar-refractivity contribution in [3.05, 3.63) is 56.7 Å². The van der Waals surface area contributed by atoms with Gasteiger partial charge in [0.05, 0.1) is 18.2 Å². The Balaban J connectivity index is 2.37. The summed E-state index contributed by atoms with van der Waals surface area (Å²) in [6.07, 6.45) is -3.87. The molecular weight excluding hydrogens is 392 g/mol. The Labute approximate surface area is 158 Å². The van der Waals surface area contributed by atoms with Crippen LogP contribution in [0.1, 0.15) is 27.0 Å². The van der Waals surface area contributed by atoms with Gasteiger partial charge in [-0.1, -0.05) is 23.2 Å². The number of rotatable bonds is 4. The summed E-state index contributed by atoms with van der Waals surface area (Å²) in [5.74, 6) is -1.06. The highest BCUT2D eigenvalue weighted by molar-refractivity contribution is 6.35. The second-order valence-electron chi connectivity index (χ2n) is 5.61. The number of methoxy groups -OCH3 is 1. The molecule has 0 saturated carbocycles. The standard InChI is InChI=1S/C17H15Cl2F3N2O2/c1-9-4-10(18)5-14(19)12(9)8-24(2)16(25)11-7-23-15(26-3)6-13(11)17(20,21)22/h4-7H,8H2,1-3H3. The Kier molecular flexibility index (Phi) is 6.03. The molecule has 2 aromatic rings. The Bertz CT molecular complexity index is 818. The lowest BCUT2D eigenvalue weighted by atomic mass is 10.1. The third kappa shape index (κ3) is 4.40. The molecule has 4 nitrogen and oxygen atoms in total. The SMILES string of the molecule is COc1cc(C(F)(F)F)c(C(=O)N(C)Cc2c(C)cc(Cl)cc2Cl)cn1. The van der Waals surface area contributed by atoms with Crippen molar-refractivity contribution in [2.24, 2.45) is 0 Å². The van der Waals surface area contributed by atoms with Crippen molar-refractivity contribution in [2.75, 3.05) is 14.2 Å². The van der Waals surface area contributed by atoms with Gasteiger partial charge in [0.1, 0.15) is 0 Å². The van der Waals surface area contributed by atoms with E-state index in [0.717, 1.165) is 16.7 Å². The number of hydrogen-bond donors (Lipinski definition) is 0. The first kappa shape index (κ1) is 20.3. The zero-order chi connectivity index (χ0) is 19.6. The number of carbonyl (C=O) groups is 1. The maximum atomic E-state index is 13.3. The molecule has 0 fully saturated rings. The van der Waals surface area contributed by atoms with E-state index >= 15 is 0 Å². The molecule has 0 atom stereocenters. The highest BCUT2D eigenvalue weighted by Gasteiger charge is 2.37. The van der Waals surface area contributed by atoms with E-state index in [-0.39, 0.29) is 12.4 Å². The number of alkyl halides is 3. The summed E-state index contributed by atoms with van der Waals surface area (Å²) in [5, 5.41) is 0.766. The molecule has 2 rings (SSSR count). The molecule has 0 aliphatic heterocycles. The zero-order valence-electron chi connectivity index (χ0n) is 14.1. The fraction of sp³-hybridized carbons (Fsp3) is 0.294. The molecular formula is C17H15Cl2F3N2O2. The van der Waals surface area contributed by atoms with Crippen molar-refractivity contribution in [1.82, 2.24) is 9.88 Å². The van der Waals surface area contributed by atoms with Crippen LogP contribution in [0.2, 0.25) is 10.0 Å². The molecule has 9 heteroatoms. The van der Waals surface area contributed by atoms with Gasteiger partial charge in [-0.2, -0.15) is 13.2 Å². The van der Waals surface area contributed by atoms with Crippen LogP contribution in [-0.2, 0) is 12.7 Å². The molecule has 1 amide bonds. The Morgan fingerprint density at radius 1 is 1.27 bits per heavy atom. The van der Waals surface area contributed by atoms with Gasteiger partial charge < -0.3 is 9.64 Å². The summed E-state index contributed by atoms with van der Waals surface area (Å²) >= 11 is 12.0. The predicted octanol–water partition coefficient (Wildman–Crippen LogP) is 5.00. The molecule has 0 unspecified atom stereocenters. The van der Waals surface area contributed by atoms with Crippen molar-refractivity contribution in [2.45, 2.75) is 19.6 Å². The number of pyridine rings is 1. The van der Waals surface area contributed by atoms with Crippen LogP contribution in [0.4, 0.5) is 13.2 Å². The second kappa shape index (κ2) is 7.72. The van der Waals surface area contributed by atoms with E-state index in [9.17, 15) is 18.0 Å². The summed E-state index contributed by atoms with van der Waals surface area (Å²) in [4.78, 5) is 17.4. The third-order valence-electron chi connectivity index (χ3n) is 3.75. The molecule has 140 valence electrons. The van der Waals surface area contributed by atoms with Crippen molar-refractivity contribution >= 4 is 29.1 Å². The highest BCUT2D eigenvalue weighted by atomic mass is 35.5. The van der Waals surface area contributed by atoms with Crippen LogP contribution in [0.15, 0.2) is 24.4 Å². The number of nitrogens with zero attached hydrogens (tertiary/aromatic N) is 2. The van der Waals surface area contributed by atoms with Crippen LogP contribution in [0, 0.1) is 6.92 Å². The summed E-state index contributed by atoms with van der Waals surface area (Å²) in [7, 11) is 2.58. The first-order valence-electron chi connectivity index (χ1n) is 7.35. The van der Waals surface area contributed by atoms with Crippen LogP contribution < -0.4 is 4.74 Å². The quantitative estimate of drug-likeness (QED) is 0.717. The van der Waals surface area contributed by atoms with Crippen LogP contribution in [0.5, 0.6) is 5.88 Å². The third-order valence-corrected chi connectivity index (χ3v) is 4.30. The zero-order valence-corrected chi connectivity index (χ0v) is 15.6. The Hall–Kier alpha value is -1.99. The summed E-state index contributed by atoms with van der Waals surface area (Å²) in [6, 6.07) is 3.87. The lowest BCUT2D eigenvalue weighted by Crippen LogP contribution is -2.29. The fourth-order valence-electron chi connectivity index (χ4n) is 2.40. The average Bonchev–Trinajstić information content (AvgIpc) is 2.55. The van der Waals surface area contributed by atoms with Crippen LogP contribution in [-0.4, -0.2) is 29.9 Å². The van der Waals surface area contributed by atoms with Crippen molar-refractivity contribution in [3.8, 4) is 5.88 Å². The van der Waals surface area contributed by atoms with E-state index in [1.807, 2.05) is 0 Å². The monoisotopic (exact) mass is 406 g/mol. The summed E-state index contributed by atoms with van der Waals surface area (Å²) in [6.45, 7) is 1.77. The minimum Gasteiger partial charge on any atom is -0.481 e. The molecule has 0 spiro atoms. The minimum atomic E-state index is -4.73. The number of hydrogen-bond acceptors (Lipinski definition) is 3. The highest BCUT2D eigenvalue weighted by Crippen LogP contribution is 2.34. The molecule has 0 bridgehead atoms. The molecule has 1 heterocycles. The Morgan fingerprint density at radius 2 is 1.92 bits per heavy atom. The molecule has 0 aliphatic rings. The van der Waals surface area contributed by atoms with E-state index in [0.29, 0.717) is 21.7 Å². The van der Waals surface area contributed by atoms with E-state index in [1.54, 1.807) is 13.0 Å². The lowest BCUT2D eigenvalue weighted by molar-refractivity contribution is -0.138. The number of aromatic nitrogens is 1. The van der Waals surface area contributed by atoms with Crippen molar-refractivity contribution < 1.29 is 22.7 Å². The number of halogens is 5. The number of ether oxygens (including phenoxy) is 1. The second-order valence-corrected chi connectivity index (χ2v) is 6.46. The van der Waals surface area contributed by atoms with Gasteiger partial charge in [-0.3, -0.25) is 4.79 Å². The fourth-order valence-corrected chi connectivity index (χ4v) is 3.05. The van der Waals surface area contributed by atoms with Gasteiger partial charge in [0.25, 0.3) is 5.91 Å². The number of aryl methyl sites for hydroxylation is 1. The first-order valence-corrected chi connectivity index (χ1v) is 8.11. The minimum absolute atomic E-state index is 0.0179. The van der Waals surface area contributed by atoms with Gasteiger partial charge in [-0.25, -0.2) is 4.98 Å². The van der Waals surface area contributed by atoms with E-state index in [1.165, 1.54) is 20.2 Å². The van der Waals surface area contributed by atoms with Gasteiger partial charge in [0.2, 0.25) is 5.88 Å². The topological polar surface area (TPSA) is 42.4 Å². The largest absolute Gasteiger partial charge is 0.481 e. The molecule has 1 aromatic heterocycles. The molecule has 0 saturated heterocycles. The van der Waals surface area contributed by atoms with Gasteiger partial charge in [0.15, 0.2) is 0 Å². The summed E-state index contributed by atoms with van der Waals surface area (Å²) < 4.78 is 44.6. The van der Waals surface area contributed by atoms with E-state index < -0.39 is 23.2 Å². The van der Waals surface area contributed by atoms with Crippen LogP contribution >= 0.6 is 23.2 Å². The van der Waals surface area contributed by atoms with Crippen molar-refractivity contribution in [1.29, 1.82) is 0 Å². The van der Waals surface area contributed by atoms with Gasteiger partial charge in [-0.05, 0) is 30.2 Å². The maximum absolute atomic E-state index is 13.3. The maximum Gasteiger partial charge on any atom is 0.417 e. The molecule has 26 heavy (non-hydrogen) atoms. The average molecular weight is 407 g/mol. The normalized spacial score (nSPS) is 11.4. The predicted molar refractivity (Wildman–Crippen MR) is 92.8 cm³/mol.